The molecule has 0 bridgehead atoms. The number of benzene rings is 1. The van der Waals surface area contributed by atoms with Crippen LogP contribution in [0.5, 0.6) is 0 Å². The average molecular weight is 371 g/mol. The van der Waals surface area contributed by atoms with Gasteiger partial charge in [0.15, 0.2) is 5.76 Å². The van der Waals surface area contributed by atoms with Gasteiger partial charge in [0, 0.05) is 38.3 Å². The van der Waals surface area contributed by atoms with Crippen molar-refractivity contribution in [3.63, 3.8) is 0 Å². The highest BCUT2D eigenvalue weighted by atomic mass is 19.1. The number of nitrogens with zero attached hydrogens (tertiary/aromatic N) is 2. The van der Waals surface area contributed by atoms with Gasteiger partial charge < -0.3 is 14.6 Å². The van der Waals surface area contributed by atoms with Crippen molar-refractivity contribution in [1.82, 2.24) is 15.1 Å². The van der Waals surface area contributed by atoms with Gasteiger partial charge in [0.2, 0.25) is 0 Å². The van der Waals surface area contributed by atoms with Crippen molar-refractivity contribution in [2.75, 3.05) is 45.8 Å². The molecular weight excluding hydrogens is 345 g/mol. The monoisotopic (exact) mass is 371 g/mol. The number of hydrogen-bond acceptors (Lipinski definition) is 4. The Morgan fingerprint density at radius 3 is 2.44 bits per heavy atom. The molecular formula is C21H26FN3O2. The number of nitrogens with one attached hydrogen (secondary N) is 1. The molecule has 2 saturated heterocycles. The van der Waals surface area contributed by atoms with Crippen molar-refractivity contribution in [3.8, 4) is 11.3 Å². The Balaban J connectivity index is 1.32. The third kappa shape index (κ3) is 4.39. The molecule has 27 heavy (non-hydrogen) atoms. The van der Waals surface area contributed by atoms with E-state index in [-0.39, 0.29) is 11.7 Å². The van der Waals surface area contributed by atoms with E-state index in [0.717, 1.165) is 57.3 Å². The van der Waals surface area contributed by atoms with Gasteiger partial charge in [0.1, 0.15) is 11.6 Å². The Morgan fingerprint density at radius 2 is 1.74 bits per heavy atom. The van der Waals surface area contributed by atoms with Crippen molar-refractivity contribution in [2.24, 2.45) is 5.92 Å². The Kier molecular flexibility index (Phi) is 5.55. The van der Waals surface area contributed by atoms with Crippen molar-refractivity contribution in [2.45, 2.75) is 12.8 Å². The zero-order chi connectivity index (χ0) is 18.6. The topological polar surface area (TPSA) is 48.7 Å². The summed E-state index contributed by atoms with van der Waals surface area (Å²) in [6, 6.07) is 9.57. The number of carbonyl (C=O) groups is 1. The molecule has 1 amide bonds. The van der Waals surface area contributed by atoms with Gasteiger partial charge >= 0.3 is 0 Å². The van der Waals surface area contributed by atoms with E-state index in [2.05, 4.69) is 10.2 Å². The maximum atomic E-state index is 13.1. The highest BCUT2D eigenvalue weighted by Gasteiger charge is 2.26. The van der Waals surface area contributed by atoms with Crippen molar-refractivity contribution < 1.29 is 13.6 Å². The first kappa shape index (κ1) is 18.2. The van der Waals surface area contributed by atoms with E-state index in [4.69, 9.17) is 4.42 Å². The fraction of sp³-hybridized carbons (Fsp3) is 0.476. The summed E-state index contributed by atoms with van der Waals surface area (Å²) in [5.74, 6) is 1.36. The predicted octanol–water partition coefficient (Wildman–Crippen LogP) is 2.84. The molecule has 3 heterocycles. The Morgan fingerprint density at radius 1 is 1.04 bits per heavy atom. The van der Waals surface area contributed by atoms with Crippen molar-refractivity contribution in [3.05, 3.63) is 48.0 Å². The first-order valence-corrected chi connectivity index (χ1v) is 9.77. The van der Waals surface area contributed by atoms with Crippen LogP contribution in [0.3, 0.4) is 0 Å². The molecule has 5 nitrogen and oxygen atoms in total. The van der Waals surface area contributed by atoms with Gasteiger partial charge in [-0.2, -0.15) is 0 Å². The van der Waals surface area contributed by atoms with Gasteiger partial charge in [-0.3, -0.25) is 9.69 Å². The average Bonchev–Trinajstić information content (AvgIpc) is 3.20. The van der Waals surface area contributed by atoms with Gasteiger partial charge in [-0.15, -0.1) is 0 Å². The van der Waals surface area contributed by atoms with E-state index in [1.54, 1.807) is 24.3 Å². The summed E-state index contributed by atoms with van der Waals surface area (Å²) in [5, 5.41) is 3.41. The minimum Gasteiger partial charge on any atom is -0.451 e. The molecule has 144 valence electrons. The number of furan rings is 1. The smallest absolute Gasteiger partial charge is 0.289 e. The molecule has 4 rings (SSSR count). The first-order chi connectivity index (χ1) is 13.2. The number of piperazine rings is 1. The number of halogens is 1. The normalized spacial score (nSPS) is 19.4. The van der Waals surface area contributed by atoms with E-state index >= 15 is 0 Å². The maximum absolute atomic E-state index is 13.1. The molecule has 0 atom stereocenters. The van der Waals surface area contributed by atoms with Crippen LogP contribution in [0.15, 0.2) is 40.8 Å². The third-order valence-electron chi connectivity index (χ3n) is 5.58. The molecule has 0 radical (unpaired) electrons. The summed E-state index contributed by atoms with van der Waals surface area (Å²) in [5.41, 5.74) is 0.766. The van der Waals surface area contributed by atoms with Crippen LogP contribution in [-0.2, 0) is 0 Å². The van der Waals surface area contributed by atoms with Crippen LogP contribution in [0.1, 0.15) is 23.4 Å². The van der Waals surface area contributed by atoms with Gasteiger partial charge in [-0.25, -0.2) is 4.39 Å². The van der Waals surface area contributed by atoms with Crippen LogP contribution in [0.2, 0.25) is 0 Å². The highest BCUT2D eigenvalue weighted by Crippen LogP contribution is 2.23. The number of rotatable bonds is 4. The number of amides is 1. The summed E-state index contributed by atoms with van der Waals surface area (Å²) < 4.78 is 18.8. The van der Waals surface area contributed by atoms with Gasteiger partial charge in [0.25, 0.3) is 5.91 Å². The number of hydrogen-bond donors (Lipinski definition) is 1. The summed E-state index contributed by atoms with van der Waals surface area (Å²) in [4.78, 5) is 17.1. The lowest BCUT2D eigenvalue weighted by atomic mass is 9.97. The van der Waals surface area contributed by atoms with Gasteiger partial charge in [-0.1, -0.05) is 0 Å². The molecule has 2 aliphatic heterocycles. The Bertz CT molecular complexity index is 760. The summed E-state index contributed by atoms with van der Waals surface area (Å²) >= 11 is 0. The summed E-state index contributed by atoms with van der Waals surface area (Å²) in [6.07, 6.45) is 2.50. The van der Waals surface area contributed by atoms with Crippen LogP contribution >= 0.6 is 0 Å². The number of carbonyl (C=O) groups excluding carboxylic acids is 1. The predicted molar refractivity (Wildman–Crippen MR) is 102 cm³/mol. The fourth-order valence-corrected chi connectivity index (χ4v) is 3.94. The molecule has 2 aliphatic rings. The molecule has 0 aliphatic carbocycles. The summed E-state index contributed by atoms with van der Waals surface area (Å²) in [6.45, 7) is 6.68. The maximum Gasteiger partial charge on any atom is 0.289 e. The molecule has 1 aromatic heterocycles. The second kappa shape index (κ2) is 8.23. The summed E-state index contributed by atoms with van der Waals surface area (Å²) in [7, 11) is 0. The second-order valence-corrected chi connectivity index (χ2v) is 7.46. The second-order valence-electron chi connectivity index (χ2n) is 7.46. The zero-order valence-electron chi connectivity index (χ0n) is 15.5. The van der Waals surface area contributed by atoms with E-state index < -0.39 is 0 Å². The van der Waals surface area contributed by atoms with Crippen molar-refractivity contribution in [1.29, 1.82) is 0 Å². The van der Waals surface area contributed by atoms with E-state index in [1.165, 1.54) is 25.0 Å². The first-order valence-electron chi connectivity index (χ1n) is 9.77. The minimum absolute atomic E-state index is 0.0649. The quantitative estimate of drug-likeness (QED) is 0.898. The molecule has 0 unspecified atom stereocenters. The lowest BCUT2D eigenvalue weighted by Gasteiger charge is -2.37. The van der Waals surface area contributed by atoms with Gasteiger partial charge in [0.05, 0.1) is 0 Å². The van der Waals surface area contributed by atoms with Crippen LogP contribution in [0, 0.1) is 11.7 Å². The Labute approximate surface area is 159 Å². The lowest BCUT2D eigenvalue weighted by molar-refractivity contribution is 0.0579. The third-order valence-corrected chi connectivity index (χ3v) is 5.58. The zero-order valence-corrected chi connectivity index (χ0v) is 15.5. The van der Waals surface area contributed by atoms with Crippen LogP contribution < -0.4 is 5.32 Å². The molecule has 1 N–H and O–H groups in total. The Hall–Kier alpha value is -2.18. The molecule has 2 aromatic rings. The fourth-order valence-electron chi connectivity index (χ4n) is 3.94. The van der Waals surface area contributed by atoms with E-state index in [9.17, 15) is 9.18 Å². The molecule has 0 saturated carbocycles. The van der Waals surface area contributed by atoms with Crippen LogP contribution in [-0.4, -0.2) is 61.5 Å². The minimum atomic E-state index is -0.288. The molecule has 1 aromatic carbocycles. The lowest BCUT2D eigenvalue weighted by Crippen LogP contribution is -2.50. The van der Waals surface area contributed by atoms with E-state index in [0.29, 0.717) is 11.5 Å². The van der Waals surface area contributed by atoms with Crippen molar-refractivity contribution >= 4 is 5.91 Å². The molecule has 0 spiro atoms. The standard InChI is InChI=1S/C21H26FN3O2/c22-18-3-1-17(2-4-18)19-5-6-20(27-19)21(26)25-13-11-24(12-14-25)15-16-7-9-23-10-8-16/h1-6,16,23H,7-15H2. The van der Waals surface area contributed by atoms with Gasteiger partial charge in [-0.05, 0) is 68.2 Å². The van der Waals surface area contributed by atoms with Crippen LogP contribution in [0.25, 0.3) is 11.3 Å². The number of piperidine rings is 1. The molecule has 6 heteroatoms. The van der Waals surface area contributed by atoms with E-state index in [1.807, 2.05) is 4.90 Å². The SMILES string of the molecule is O=C(c1ccc(-c2ccc(F)cc2)o1)N1CCN(CC2CCNCC2)CC1. The largest absolute Gasteiger partial charge is 0.451 e. The van der Waals surface area contributed by atoms with Crippen LogP contribution in [0.4, 0.5) is 4.39 Å². The molecule has 2 fully saturated rings. The highest BCUT2D eigenvalue weighted by molar-refractivity contribution is 5.92.